The molecule has 1 atom stereocenters. The second-order valence-electron chi connectivity index (χ2n) is 7.60. The summed E-state index contributed by atoms with van der Waals surface area (Å²) in [6.45, 7) is 1.58. The van der Waals surface area contributed by atoms with Crippen LogP contribution in [-0.4, -0.2) is 25.2 Å². The predicted molar refractivity (Wildman–Crippen MR) is 114 cm³/mol. The molecule has 1 saturated heterocycles. The first-order chi connectivity index (χ1) is 14.9. The third-order valence-electron chi connectivity index (χ3n) is 5.44. The second-order valence-corrected chi connectivity index (χ2v) is 7.60. The summed E-state index contributed by atoms with van der Waals surface area (Å²) >= 11 is 0. The molecule has 0 saturated carbocycles. The summed E-state index contributed by atoms with van der Waals surface area (Å²) in [5, 5.41) is 0. The molecule has 1 heterocycles. The molecule has 1 aliphatic heterocycles. The van der Waals surface area contributed by atoms with Gasteiger partial charge in [0.2, 0.25) is 0 Å². The Labute approximate surface area is 179 Å². The first-order valence-corrected chi connectivity index (χ1v) is 10.2. The third kappa shape index (κ3) is 5.08. The fraction of sp³-hybridized carbons (Fsp3) is 0.240. The largest absolute Gasteiger partial charge is 0.457 e. The van der Waals surface area contributed by atoms with E-state index in [-0.39, 0.29) is 12.1 Å². The Morgan fingerprint density at radius 1 is 0.871 bits per heavy atom. The standard InChI is InChI=1S/C25H22F3NO2/c26-25(27,28)21-14-12-19(13-15-21)18-8-10-20(11-9-18)24(30)31-23-7-4-16-29(17-23)22-5-2-1-3-6-22/h1-3,5-6,8-15,23H,4,7,16-17H2. The maximum Gasteiger partial charge on any atom is 0.416 e. The van der Waals surface area contributed by atoms with Crippen LogP contribution in [-0.2, 0) is 10.9 Å². The quantitative estimate of drug-likeness (QED) is 0.466. The molecule has 0 aliphatic carbocycles. The first-order valence-electron chi connectivity index (χ1n) is 10.2. The van der Waals surface area contributed by atoms with Crippen molar-refractivity contribution < 1.29 is 22.7 Å². The topological polar surface area (TPSA) is 29.5 Å². The van der Waals surface area contributed by atoms with Gasteiger partial charge < -0.3 is 9.64 Å². The number of alkyl halides is 3. The van der Waals surface area contributed by atoms with E-state index in [2.05, 4.69) is 4.90 Å². The lowest BCUT2D eigenvalue weighted by Gasteiger charge is -2.34. The number of hydrogen-bond acceptors (Lipinski definition) is 3. The molecule has 1 fully saturated rings. The maximum absolute atomic E-state index is 12.7. The highest BCUT2D eigenvalue weighted by Gasteiger charge is 2.30. The van der Waals surface area contributed by atoms with Gasteiger partial charge in [0.1, 0.15) is 6.10 Å². The molecule has 0 N–H and O–H groups in total. The summed E-state index contributed by atoms with van der Waals surface area (Å²) in [7, 11) is 0. The minimum Gasteiger partial charge on any atom is -0.457 e. The minimum atomic E-state index is -4.36. The lowest BCUT2D eigenvalue weighted by atomic mass is 10.0. The summed E-state index contributed by atoms with van der Waals surface area (Å²) in [4.78, 5) is 14.8. The van der Waals surface area contributed by atoms with Gasteiger partial charge in [-0.25, -0.2) is 4.79 Å². The van der Waals surface area contributed by atoms with Crippen molar-refractivity contribution in [3.8, 4) is 11.1 Å². The highest BCUT2D eigenvalue weighted by molar-refractivity contribution is 5.90. The van der Waals surface area contributed by atoms with E-state index in [0.29, 0.717) is 17.7 Å². The smallest absolute Gasteiger partial charge is 0.416 e. The van der Waals surface area contributed by atoms with Gasteiger partial charge in [-0.15, -0.1) is 0 Å². The zero-order valence-corrected chi connectivity index (χ0v) is 16.8. The summed E-state index contributed by atoms with van der Waals surface area (Å²) < 4.78 is 43.9. The van der Waals surface area contributed by atoms with E-state index in [1.54, 1.807) is 24.3 Å². The molecule has 0 amide bonds. The molecule has 1 aliphatic rings. The summed E-state index contributed by atoms with van der Waals surface area (Å²) in [5.74, 6) is -0.390. The van der Waals surface area contributed by atoms with Crippen molar-refractivity contribution in [2.24, 2.45) is 0 Å². The van der Waals surface area contributed by atoms with Gasteiger partial charge >= 0.3 is 12.1 Å². The second kappa shape index (κ2) is 8.84. The number of para-hydroxylation sites is 1. The number of ether oxygens (including phenoxy) is 1. The van der Waals surface area contributed by atoms with E-state index in [1.165, 1.54) is 12.1 Å². The number of carbonyl (C=O) groups excluding carboxylic acids is 1. The zero-order valence-electron chi connectivity index (χ0n) is 16.8. The van der Waals surface area contributed by atoms with Crippen LogP contribution in [0.15, 0.2) is 78.9 Å². The van der Waals surface area contributed by atoms with Crippen molar-refractivity contribution in [1.82, 2.24) is 0 Å². The molecule has 0 radical (unpaired) electrons. The average molecular weight is 425 g/mol. The van der Waals surface area contributed by atoms with Crippen LogP contribution in [0.5, 0.6) is 0 Å². The molecular formula is C25H22F3NO2. The molecule has 160 valence electrons. The molecule has 0 aromatic heterocycles. The van der Waals surface area contributed by atoms with Crippen molar-refractivity contribution >= 4 is 11.7 Å². The SMILES string of the molecule is O=C(OC1CCCN(c2ccccc2)C1)c1ccc(-c2ccc(C(F)(F)F)cc2)cc1. The van der Waals surface area contributed by atoms with Crippen LogP contribution in [0.1, 0.15) is 28.8 Å². The fourth-order valence-corrected chi connectivity index (χ4v) is 3.78. The number of rotatable bonds is 4. The minimum absolute atomic E-state index is 0.184. The first kappa shape index (κ1) is 21.0. The number of anilines is 1. The van der Waals surface area contributed by atoms with Crippen LogP contribution in [0.3, 0.4) is 0 Å². The van der Waals surface area contributed by atoms with Crippen molar-refractivity contribution in [2.45, 2.75) is 25.1 Å². The molecule has 31 heavy (non-hydrogen) atoms. The predicted octanol–water partition coefficient (Wildman–Crippen LogP) is 6.20. The monoisotopic (exact) mass is 425 g/mol. The van der Waals surface area contributed by atoms with E-state index in [0.717, 1.165) is 42.8 Å². The number of nitrogens with zero attached hydrogens (tertiary/aromatic N) is 1. The van der Waals surface area contributed by atoms with Crippen molar-refractivity contribution in [3.05, 3.63) is 90.0 Å². The van der Waals surface area contributed by atoms with E-state index in [9.17, 15) is 18.0 Å². The number of halogens is 3. The summed E-state index contributed by atoms with van der Waals surface area (Å²) in [6.07, 6.45) is -2.78. The zero-order chi connectivity index (χ0) is 21.8. The fourth-order valence-electron chi connectivity index (χ4n) is 3.78. The van der Waals surface area contributed by atoms with E-state index < -0.39 is 11.7 Å². The molecule has 1 unspecified atom stereocenters. The van der Waals surface area contributed by atoms with E-state index >= 15 is 0 Å². The average Bonchev–Trinajstić information content (AvgIpc) is 2.79. The van der Waals surface area contributed by atoms with Crippen molar-refractivity contribution in [3.63, 3.8) is 0 Å². The highest BCUT2D eigenvalue weighted by Crippen LogP contribution is 2.31. The molecule has 4 rings (SSSR count). The number of esters is 1. The summed E-state index contributed by atoms with van der Waals surface area (Å²) in [5.41, 5.74) is 2.24. The molecule has 3 aromatic rings. The van der Waals surface area contributed by atoms with Gasteiger partial charge in [-0.3, -0.25) is 0 Å². The van der Waals surface area contributed by atoms with Gasteiger partial charge in [-0.1, -0.05) is 42.5 Å². The van der Waals surface area contributed by atoms with Gasteiger partial charge in [-0.05, 0) is 60.4 Å². The number of benzene rings is 3. The van der Waals surface area contributed by atoms with Crippen LogP contribution in [0.4, 0.5) is 18.9 Å². The van der Waals surface area contributed by atoms with Crippen LogP contribution >= 0.6 is 0 Å². The Balaban J connectivity index is 1.39. The van der Waals surface area contributed by atoms with Gasteiger partial charge in [-0.2, -0.15) is 13.2 Å². The molecular weight excluding hydrogens is 403 g/mol. The summed E-state index contributed by atoms with van der Waals surface area (Å²) in [6, 6.07) is 21.7. The van der Waals surface area contributed by atoms with Crippen LogP contribution < -0.4 is 4.90 Å². The molecule has 0 spiro atoms. The number of piperidine rings is 1. The Kier molecular flexibility index (Phi) is 5.98. The third-order valence-corrected chi connectivity index (χ3v) is 5.44. The molecule has 3 aromatic carbocycles. The molecule has 6 heteroatoms. The Morgan fingerprint density at radius 2 is 1.48 bits per heavy atom. The van der Waals surface area contributed by atoms with Gasteiger partial charge in [0.05, 0.1) is 17.7 Å². The van der Waals surface area contributed by atoms with E-state index in [4.69, 9.17) is 4.74 Å². The van der Waals surface area contributed by atoms with Crippen LogP contribution in [0.2, 0.25) is 0 Å². The number of hydrogen-bond donors (Lipinski definition) is 0. The lowest BCUT2D eigenvalue weighted by Crippen LogP contribution is -2.40. The molecule has 0 bridgehead atoms. The highest BCUT2D eigenvalue weighted by atomic mass is 19.4. The van der Waals surface area contributed by atoms with Crippen molar-refractivity contribution in [1.29, 1.82) is 0 Å². The maximum atomic E-state index is 12.7. The van der Waals surface area contributed by atoms with Gasteiger partial charge in [0.15, 0.2) is 0 Å². The molecule has 3 nitrogen and oxygen atoms in total. The van der Waals surface area contributed by atoms with Crippen molar-refractivity contribution in [2.75, 3.05) is 18.0 Å². The van der Waals surface area contributed by atoms with Crippen LogP contribution in [0.25, 0.3) is 11.1 Å². The van der Waals surface area contributed by atoms with Gasteiger partial charge in [0, 0.05) is 12.2 Å². The number of carbonyl (C=O) groups is 1. The van der Waals surface area contributed by atoms with Crippen LogP contribution in [0, 0.1) is 0 Å². The lowest BCUT2D eigenvalue weighted by molar-refractivity contribution is -0.137. The Morgan fingerprint density at radius 3 is 2.10 bits per heavy atom. The van der Waals surface area contributed by atoms with E-state index in [1.807, 2.05) is 30.3 Å². The van der Waals surface area contributed by atoms with Gasteiger partial charge in [0.25, 0.3) is 0 Å². The Bertz CT molecular complexity index is 1020. The normalized spacial score (nSPS) is 16.7. The Hall–Kier alpha value is -3.28.